The maximum absolute atomic E-state index is 13.3. The number of halogens is 2. The third-order valence-corrected chi connectivity index (χ3v) is 3.13. The van der Waals surface area contributed by atoms with Crippen molar-refractivity contribution in [3.8, 4) is 11.4 Å². The molecule has 3 nitrogen and oxygen atoms in total. The highest BCUT2D eigenvalue weighted by Gasteiger charge is 2.09. The van der Waals surface area contributed by atoms with E-state index in [1.807, 2.05) is 0 Å². The highest BCUT2D eigenvalue weighted by atomic mass is 35.5. The zero-order chi connectivity index (χ0) is 13.4. The van der Waals surface area contributed by atoms with Crippen LogP contribution in [0.3, 0.4) is 0 Å². The summed E-state index contributed by atoms with van der Waals surface area (Å²) in [4.78, 5) is 18.9. The molecule has 0 aliphatic rings. The van der Waals surface area contributed by atoms with Gasteiger partial charge in [0.15, 0.2) is 0 Å². The molecule has 5 heteroatoms. The van der Waals surface area contributed by atoms with Gasteiger partial charge in [-0.15, -0.1) is 0 Å². The van der Waals surface area contributed by atoms with Gasteiger partial charge in [-0.3, -0.25) is 4.79 Å². The van der Waals surface area contributed by atoms with E-state index in [1.54, 1.807) is 24.3 Å². The maximum Gasteiger partial charge on any atom is 0.259 e. The molecule has 1 aromatic heterocycles. The van der Waals surface area contributed by atoms with Crippen LogP contribution in [-0.4, -0.2) is 9.97 Å². The number of aromatic amines is 1. The van der Waals surface area contributed by atoms with Crippen LogP contribution in [0.2, 0.25) is 5.02 Å². The van der Waals surface area contributed by atoms with Crippen LogP contribution in [0.25, 0.3) is 22.3 Å². The molecule has 0 radical (unpaired) electrons. The second kappa shape index (κ2) is 4.48. The Kier molecular flexibility index (Phi) is 2.80. The van der Waals surface area contributed by atoms with Crippen LogP contribution >= 0.6 is 11.6 Å². The first kappa shape index (κ1) is 11.9. The summed E-state index contributed by atoms with van der Waals surface area (Å²) in [7, 11) is 0. The van der Waals surface area contributed by atoms with Gasteiger partial charge < -0.3 is 4.98 Å². The SMILES string of the molecule is O=c1[nH]c(-c2cc(F)ccc2Cl)nc2ccccc12. The van der Waals surface area contributed by atoms with E-state index in [-0.39, 0.29) is 11.4 Å². The molecule has 0 saturated carbocycles. The van der Waals surface area contributed by atoms with Crippen LogP contribution < -0.4 is 5.56 Å². The fraction of sp³-hybridized carbons (Fsp3) is 0. The molecule has 0 amide bonds. The van der Waals surface area contributed by atoms with Crippen molar-refractivity contribution in [1.82, 2.24) is 9.97 Å². The largest absolute Gasteiger partial charge is 0.306 e. The minimum atomic E-state index is -0.435. The van der Waals surface area contributed by atoms with Crippen LogP contribution in [0, 0.1) is 5.82 Å². The molecule has 0 bridgehead atoms. The molecule has 19 heavy (non-hydrogen) atoms. The maximum atomic E-state index is 13.3. The lowest BCUT2D eigenvalue weighted by molar-refractivity contribution is 0.628. The third kappa shape index (κ3) is 2.11. The van der Waals surface area contributed by atoms with Gasteiger partial charge >= 0.3 is 0 Å². The lowest BCUT2D eigenvalue weighted by atomic mass is 10.2. The molecule has 3 rings (SSSR count). The zero-order valence-corrected chi connectivity index (χ0v) is 10.4. The highest BCUT2D eigenvalue weighted by molar-refractivity contribution is 6.33. The van der Waals surface area contributed by atoms with E-state index < -0.39 is 5.82 Å². The highest BCUT2D eigenvalue weighted by Crippen LogP contribution is 2.26. The van der Waals surface area contributed by atoms with E-state index in [0.29, 0.717) is 21.5 Å². The third-order valence-electron chi connectivity index (χ3n) is 2.80. The number of nitrogens with zero attached hydrogens (tertiary/aromatic N) is 1. The quantitative estimate of drug-likeness (QED) is 0.739. The summed E-state index contributed by atoms with van der Waals surface area (Å²) in [6.45, 7) is 0. The van der Waals surface area contributed by atoms with E-state index >= 15 is 0 Å². The molecule has 3 aromatic rings. The molecule has 0 unspecified atom stereocenters. The van der Waals surface area contributed by atoms with Gasteiger partial charge in [-0.2, -0.15) is 0 Å². The first-order valence-corrected chi connectivity index (χ1v) is 5.97. The van der Waals surface area contributed by atoms with Crippen LogP contribution in [0.1, 0.15) is 0 Å². The van der Waals surface area contributed by atoms with Crippen molar-refractivity contribution >= 4 is 22.5 Å². The fourth-order valence-electron chi connectivity index (χ4n) is 1.89. The lowest BCUT2D eigenvalue weighted by Crippen LogP contribution is -2.09. The molecule has 1 N–H and O–H groups in total. The van der Waals surface area contributed by atoms with Gasteiger partial charge in [0, 0.05) is 5.56 Å². The van der Waals surface area contributed by atoms with E-state index in [0.717, 1.165) is 0 Å². The molecule has 0 aliphatic heterocycles. The van der Waals surface area contributed by atoms with Crippen LogP contribution in [0.4, 0.5) is 4.39 Å². The minimum Gasteiger partial charge on any atom is -0.306 e. The van der Waals surface area contributed by atoms with Crippen LogP contribution in [0.5, 0.6) is 0 Å². The molecule has 1 heterocycles. The Hall–Kier alpha value is -2.20. The first-order valence-electron chi connectivity index (χ1n) is 5.59. The molecule has 0 spiro atoms. The van der Waals surface area contributed by atoms with Crippen molar-refractivity contribution in [2.75, 3.05) is 0 Å². The first-order chi connectivity index (χ1) is 9.15. The van der Waals surface area contributed by atoms with Gasteiger partial charge in [-0.25, -0.2) is 9.37 Å². The summed E-state index contributed by atoms with van der Waals surface area (Å²) in [5, 5.41) is 0.818. The number of hydrogen-bond donors (Lipinski definition) is 1. The topological polar surface area (TPSA) is 45.8 Å². The van der Waals surface area contributed by atoms with Crippen LogP contribution in [0.15, 0.2) is 47.3 Å². The van der Waals surface area contributed by atoms with Gasteiger partial charge in [-0.1, -0.05) is 23.7 Å². The Labute approximate surface area is 112 Å². The average molecular weight is 275 g/mol. The molecule has 0 aliphatic carbocycles. The van der Waals surface area contributed by atoms with Gasteiger partial charge in [0.1, 0.15) is 11.6 Å². The fourth-order valence-corrected chi connectivity index (χ4v) is 2.10. The molecule has 0 saturated heterocycles. The molecular weight excluding hydrogens is 267 g/mol. The number of benzene rings is 2. The zero-order valence-electron chi connectivity index (χ0n) is 9.65. The van der Waals surface area contributed by atoms with E-state index in [9.17, 15) is 9.18 Å². The number of H-pyrrole nitrogens is 1. The summed E-state index contributed by atoms with van der Waals surface area (Å²) in [5.41, 5.74) is 0.632. The normalized spacial score (nSPS) is 10.8. The average Bonchev–Trinajstić information content (AvgIpc) is 2.41. The summed E-state index contributed by atoms with van der Waals surface area (Å²) in [5.74, 6) is -0.177. The summed E-state index contributed by atoms with van der Waals surface area (Å²) in [6, 6.07) is 10.9. The Bertz CT molecular complexity index is 829. The van der Waals surface area contributed by atoms with E-state index in [1.165, 1.54) is 18.2 Å². The van der Waals surface area contributed by atoms with Gasteiger partial charge in [-0.05, 0) is 30.3 Å². The number of nitrogens with one attached hydrogen (secondary N) is 1. The van der Waals surface area contributed by atoms with Crippen molar-refractivity contribution in [2.45, 2.75) is 0 Å². The van der Waals surface area contributed by atoms with Crippen molar-refractivity contribution in [3.63, 3.8) is 0 Å². The second-order valence-electron chi connectivity index (χ2n) is 4.06. The van der Waals surface area contributed by atoms with Gasteiger partial charge in [0.25, 0.3) is 5.56 Å². The Morgan fingerprint density at radius 1 is 1.16 bits per heavy atom. The summed E-state index contributed by atoms with van der Waals surface area (Å²) < 4.78 is 13.3. The standard InChI is InChI=1S/C14H8ClFN2O/c15-11-6-5-8(16)7-10(11)13-17-12-4-2-1-3-9(12)14(19)18-13/h1-7H,(H,17,18,19). The molecule has 0 fully saturated rings. The van der Waals surface area contributed by atoms with Crippen molar-refractivity contribution < 1.29 is 4.39 Å². The number of hydrogen-bond acceptors (Lipinski definition) is 2. The van der Waals surface area contributed by atoms with Gasteiger partial charge in [0.2, 0.25) is 0 Å². The Balaban J connectivity index is 2.31. The van der Waals surface area contributed by atoms with Crippen molar-refractivity contribution in [3.05, 3.63) is 63.7 Å². The van der Waals surface area contributed by atoms with E-state index in [2.05, 4.69) is 9.97 Å². The molecule has 0 atom stereocenters. The van der Waals surface area contributed by atoms with Crippen molar-refractivity contribution in [2.24, 2.45) is 0 Å². The number of para-hydroxylation sites is 1. The number of aromatic nitrogens is 2. The van der Waals surface area contributed by atoms with Crippen LogP contribution in [-0.2, 0) is 0 Å². The van der Waals surface area contributed by atoms with Crippen molar-refractivity contribution in [1.29, 1.82) is 0 Å². The monoisotopic (exact) mass is 274 g/mol. The smallest absolute Gasteiger partial charge is 0.259 e. The Morgan fingerprint density at radius 2 is 1.95 bits per heavy atom. The summed E-state index contributed by atoms with van der Waals surface area (Å²) >= 11 is 6.01. The predicted molar refractivity (Wildman–Crippen MR) is 72.8 cm³/mol. The molecule has 2 aromatic carbocycles. The van der Waals surface area contributed by atoms with Gasteiger partial charge in [0.05, 0.1) is 15.9 Å². The molecular formula is C14H8ClFN2O. The Morgan fingerprint density at radius 3 is 2.79 bits per heavy atom. The summed E-state index contributed by atoms with van der Waals surface area (Å²) in [6.07, 6.45) is 0. The number of fused-ring (bicyclic) bond motifs is 1. The minimum absolute atomic E-state index is 0.258. The number of rotatable bonds is 1. The lowest BCUT2D eigenvalue weighted by Gasteiger charge is -2.05. The second-order valence-corrected chi connectivity index (χ2v) is 4.46. The molecule has 94 valence electrons. The predicted octanol–water partition coefficient (Wildman–Crippen LogP) is 3.38. The van der Waals surface area contributed by atoms with E-state index in [4.69, 9.17) is 11.6 Å².